The molecule has 0 radical (unpaired) electrons. The number of ether oxygens (including phenoxy) is 1. The van der Waals surface area contributed by atoms with Crippen molar-refractivity contribution in [1.29, 1.82) is 0 Å². The third-order valence-corrected chi connectivity index (χ3v) is 4.36. The van der Waals surface area contributed by atoms with Gasteiger partial charge in [0.05, 0.1) is 19.9 Å². The molecule has 0 saturated heterocycles. The van der Waals surface area contributed by atoms with Crippen molar-refractivity contribution in [3.8, 4) is 17.0 Å². The topological polar surface area (TPSA) is 77.5 Å². The lowest BCUT2D eigenvalue weighted by Gasteiger charge is -2.11. The van der Waals surface area contributed by atoms with Crippen LogP contribution < -0.4 is 10.1 Å². The van der Waals surface area contributed by atoms with E-state index in [1.165, 1.54) is 0 Å². The van der Waals surface area contributed by atoms with Crippen molar-refractivity contribution in [3.63, 3.8) is 0 Å². The maximum atomic E-state index is 5.50. The Labute approximate surface area is 157 Å². The van der Waals surface area contributed by atoms with E-state index in [9.17, 15) is 0 Å². The molecule has 138 valence electrons. The van der Waals surface area contributed by atoms with Gasteiger partial charge in [-0.25, -0.2) is 4.98 Å². The lowest BCUT2D eigenvalue weighted by molar-refractivity contribution is 0.388. The highest BCUT2D eigenvalue weighted by Gasteiger charge is 2.13. The minimum Gasteiger partial charge on any atom is -0.496 e. The van der Waals surface area contributed by atoms with Crippen molar-refractivity contribution >= 4 is 11.5 Å². The second-order valence-corrected chi connectivity index (χ2v) is 6.55. The number of methoxy groups -OCH3 is 1. The summed E-state index contributed by atoms with van der Waals surface area (Å²) in [4.78, 5) is 4.62. The Balaban J connectivity index is 1.57. The molecule has 0 fully saturated rings. The average molecular weight is 363 g/mol. The number of fused-ring (bicyclic) bond motifs is 1. The third kappa shape index (κ3) is 3.36. The molecule has 4 rings (SSSR count). The summed E-state index contributed by atoms with van der Waals surface area (Å²) >= 11 is 0. The number of aromatic nitrogens is 4. The molecule has 0 aliphatic carbocycles. The fourth-order valence-electron chi connectivity index (χ4n) is 2.91. The Morgan fingerprint density at radius 1 is 1.19 bits per heavy atom. The van der Waals surface area contributed by atoms with Gasteiger partial charge in [0, 0.05) is 29.5 Å². The number of hydrogen-bond acceptors (Lipinski definition) is 6. The standard InChI is InChI=1S/C20H21N5O2/c1-13(2)16-11-20(25-19(23-16)8-9-22-25)21-12-14-10-17(24-27-14)15-6-4-5-7-18(15)26-3/h4-11,13,21H,12H2,1-3H3. The highest BCUT2D eigenvalue weighted by molar-refractivity contribution is 5.66. The normalized spacial score (nSPS) is 11.3. The molecule has 4 aromatic rings. The van der Waals surface area contributed by atoms with Crippen molar-refractivity contribution in [3.05, 3.63) is 60.1 Å². The zero-order valence-corrected chi connectivity index (χ0v) is 15.5. The molecule has 3 heterocycles. The van der Waals surface area contributed by atoms with Gasteiger partial charge in [0.15, 0.2) is 11.4 Å². The van der Waals surface area contributed by atoms with E-state index >= 15 is 0 Å². The smallest absolute Gasteiger partial charge is 0.157 e. The van der Waals surface area contributed by atoms with Crippen LogP contribution in [0, 0.1) is 0 Å². The van der Waals surface area contributed by atoms with E-state index in [0.29, 0.717) is 12.5 Å². The van der Waals surface area contributed by atoms with Gasteiger partial charge in [-0.05, 0) is 18.1 Å². The Hall–Kier alpha value is -3.35. The molecule has 0 bridgehead atoms. The summed E-state index contributed by atoms with van der Waals surface area (Å²) in [5, 5.41) is 11.9. The van der Waals surface area contributed by atoms with Crippen molar-refractivity contribution in [2.75, 3.05) is 12.4 Å². The number of nitrogens with zero attached hydrogens (tertiary/aromatic N) is 4. The molecule has 0 aliphatic rings. The Kier molecular flexibility index (Phi) is 4.50. The predicted molar refractivity (Wildman–Crippen MR) is 103 cm³/mol. The van der Waals surface area contributed by atoms with Crippen molar-refractivity contribution in [2.45, 2.75) is 26.3 Å². The van der Waals surface area contributed by atoms with Gasteiger partial charge in [0.1, 0.15) is 17.3 Å². The Morgan fingerprint density at radius 2 is 2.04 bits per heavy atom. The maximum Gasteiger partial charge on any atom is 0.157 e. The minimum absolute atomic E-state index is 0.327. The van der Waals surface area contributed by atoms with Crippen LogP contribution in [0.15, 0.2) is 53.2 Å². The van der Waals surface area contributed by atoms with Gasteiger partial charge >= 0.3 is 0 Å². The van der Waals surface area contributed by atoms with Crippen LogP contribution >= 0.6 is 0 Å². The summed E-state index contributed by atoms with van der Waals surface area (Å²) in [6, 6.07) is 13.6. The molecule has 27 heavy (non-hydrogen) atoms. The SMILES string of the molecule is COc1ccccc1-c1cc(CNc2cc(C(C)C)nc3ccnn23)on1. The van der Waals surface area contributed by atoms with Gasteiger partial charge < -0.3 is 14.6 Å². The molecule has 0 atom stereocenters. The summed E-state index contributed by atoms with van der Waals surface area (Å²) in [7, 11) is 1.65. The van der Waals surface area contributed by atoms with Gasteiger partial charge in [-0.2, -0.15) is 9.61 Å². The molecule has 0 aliphatic heterocycles. The first-order valence-corrected chi connectivity index (χ1v) is 8.83. The summed E-state index contributed by atoms with van der Waals surface area (Å²) in [6.45, 7) is 4.72. The molecule has 1 aromatic carbocycles. The van der Waals surface area contributed by atoms with Crippen molar-refractivity contribution in [2.24, 2.45) is 0 Å². The summed E-state index contributed by atoms with van der Waals surface area (Å²) in [5.74, 6) is 2.68. The lowest BCUT2D eigenvalue weighted by atomic mass is 10.1. The van der Waals surface area contributed by atoms with Crippen molar-refractivity contribution in [1.82, 2.24) is 19.8 Å². The summed E-state index contributed by atoms with van der Waals surface area (Å²) in [5.41, 5.74) is 3.47. The van der Waals surface area contributed by atoms with Gasteiger partial charge in [-0.1, -0.05) is 31.1 Å². The van der Waals surface area contributed by atoms with E-state index in [-0.39, 0.29) is 0 Å². The number of anilines is 1. The highest BCUT2D eigenvalue weighted by atomic mass is 16.5. The van der Waals surface area contributed by atoms with Crippen LogP contribution in [0.4, 0.5) is 5.82 Å². The van der Waals surface area contributed by atoms with Crippen LogP contribution in [0.3, 0.4) is 0 Å². The first kappa shape index (κ1) is 17.1. The first-order chi connectivity index (χ1) is 13.2. The van der Waals surface area contributed by atoms with Gasteiger partial charge in [0.2, 0.25) is 0 Å². The molecular formula is C20H21N5O2. The number of para-hydroxylation sites is 1. The molecule has 0 amide bonds. The second kappa shape index (κ2) is 7.11. The minimum atomic E-state index is 0.327. The second-order valence-electron chi connectivity index (χ2n) is 6.55. The van der Waals surface area contributed by atoms with E-state index in [0.717, 1.165) is 39.9 Å². The zero-order chi connectivity index (χ0) is 18.8. The van der Waals surface area contributed by atoms with E-state index in [1.54, 1.807) is 17.8 Å². The molecule has 3 aromatic heterocycles. The van der Waals surface area contributed by atoms with Crippen LogP contribution in [0.25, 0.3) is 16.9 Å². The number of benzene rings is 1. The van der Waals surface area contributed by atoms with Crippen molar-refractivity contribution < 1.29 is 9.26 Å². The van der Waals surface area contributed by atoms with Crippen LogP contribution in [0.5, 0.6) is 5.75 Å². The lowest BCUT2D eigenvalue weighted by Crippen LogP contribution is -2.07. The summed E-state index contributed by atoms with van der Waals surface area (Å²) < 4.78 is 12.7. The van der Waals surface area contributed by atoms with Crippen LogP contribution in [0.2, 0.25) is 0 Å². The quantitative estimate of drug-likeness (QED) is 0.555. The Morgan fingerprint density at radius 3 is 2.85 bits per heavy atom. The predicted octanol–water partition coefficient (Wildman–Crippen LogP) is 4.13. The fraction of sp³-hybridized carbons (Fsp3) is 0.250. The van der Waals surface area contributed by atoms with E-state index in [4.69, 9.17) is 9.26 Å². The first-order valence-electron chi connectivity index (χ1n) is 8.83. The Bertz CT molecular complexity index is 1070. The largest absolute Gasteiger partial charge is 0.496 e. The number of nitrogens with one attached hydrogen (secondary N) is 1. The van der Waals surface area contributed by atoms with Crippen LogP contribution in [-0.4, -0.2) is 26.9 Å². The van der Waals surface area contributed by atoms with Crippen LogP contribution in [0.1, 0.15) is 31.2 Å². The van der Waals surface area contributed by atoms with Crippen LogP contribution in [-0.2, 0) is 6.54 Å². The van der Waals surface area contributed by atoms with E-state index in [1.807, 2.05) is 42.5 Å². The highest BCUT2D eigenvalue weighted by Crippen LogP contribution is 2.29. The molecule has 0 saturated carbocycles. The molecule has 0 spiro atoms. The molecule has 0 unspecified atom stereocenters. The zero-order valence-electron chi connectivity index (χ0n) is 15.5. The molecule has 7 heteroatoms. The number of hydrogen-bond donors (Lipinski definition) is 1. The third-order valence-electron chi connectivity index (χ3n) is 4.36. The molecule has 1 N–H and O–H groups in total. The van der Waals surface area contributed by atoms with Gasteiger partial charge in [-0.15, -0.1) is 0 Å². The number of rotatable bonds is 6. The molecular weight excluding hydrogens is 342 g/mol. The monoisotopic (exact) mass is 363 g/mol. The average Bonchev–Trinajstić information content (AvgIpc) is 3.35. The van der Waals surface area contributed by atoms with Gasteiger partial charge in [-0.3, -0.25) is 0 Å². The van der Waals surface area contributed by atoms with E-state index < -0.39 is 0 Å². The van der Waals surface area contributed by atoms with Gasteiger partial charge in [0.25, 0.3) is 0 Å². The van der Waals surface area contributed by atoms with E-state index in [2.05, 4.69) is 34.4 Å². The maximum absolute atomic E-state index is 5.50. The molecule has 7 nitrogen and oxygen atoms in total. The fourth-order valence-corrected chi connectivity index (χ4v) is 2.91. The summed E-state index contributed by atoms with van der Waals surface area (Å²) in [6.07, 6.45) is 1.74.